The summed E-state index contributed by atoms with van der Waals surface area (Å²) in [4.78, 5) is 17.6. The number of hydrogen-bond acceptors (Lipinski definition) is 3. The molecule has 1 heterocycles. The summed E-state index contributed by atoms with van der Waals surface area (Å²) in [6.07, 6.45) is 3.65. The van der Waals surface area contributed by atoms with Crippen molar-refractivity contribution in [1.82, 2.24) is 5.06 Å². The van der Waals surface area contributed by atoms with Crippen molar-refractivity contribution in [3.63, 3.8) is 0 Å². The van der Waals surface area contributed by atoms with Crippen molar-refractivity contribution >= 4 is 5.78 Å². The maximum atomic E-state index is 11.7. The van der Waals surface area contributed by atoms with E-state index in [2.05, 4.69) is 32.8 Å². The molecule has 0 saturated carbocycles. The lowest BCUT2D eigenvalue weighted by atomic mass is 9.82. The van der Waals surface area contributed by atoms with E-state index in [-0.39, 0.29) is 23.0 Å². The first-order valence-corrected chi connectivity index (χ1v) is 6.70. The Bertz CT molecular complexity index is 268. The third-order valence-electron chi connectivity index (χ3n) is 3.74. The zero-order valence-corrected chi connectivity index (χ0v) is 12.2. The van der Waals surface area contributed by atoms with Crippen LogP contribution in [0.3, 0.4) is 0 Å². The molecule has 1 aliphatic heterocycles. The molecule has 17 heavy (non-hydrogen) atoms. The van der Waals surface area contributed by atoms with E-state index in [0.717, 1.165) is 12.8 Å². The van der Waals surface area contributed by atoms with E-state index in [4.69, 9.17) is 4.84 Å². The predicted octanol–water partition coefficient (Wildman–Crippen LogP) is 3.33. The minimum atomic E-state index is -0.336. The molecule has 0 aliphatic carbocycles. The quantitative estimate of drug-likeness (QED) is 0.756. The van der Waals surface area contributed by atoms with Crippen molar-refractivity contribution in [2.45, 2.75) is 84.4 Å². The van der Waals surface area contributed by atoms with Crippen molar-refractivity contribution in [3.8, 4) is 0 Å². The fourth-order valence-corrected chi connectivity index (χ4v) is 2.77. The van der Waals surface area contributed by atoms with E-state index >= 15 is 0 Å². The number of piperidine rings is 1. The van der Waals surface area contributed by atoms with E-state index in [9.17, 15) is 4.79 Å². The molecular weight excluding hydrogens is 214 g/mol. The van der Waals surface area contributed by atoms with Crippen LogP contribution in [-0.2, 0) is 9.63 Å². The van der Waals surface area contributed by atoms with Gasteiger partial charge in [0.05, 0.1) is 0 Å². The number of carbonyl (C=O) groups is 1. The lowest BCUT2D eigenvalue weighted by molar-refractivity contribution is -0.295. The summed E-state index contributed by atoms with van der Waals surface area (Å²) in [5.74, 6) is 0.169. The number of ketones is 1. The Balaban J connectivity index is 2.80. The summed E-state index contributed by atoms with van der Waals surface area (Å²) in [5.41, 5.74) is 0.00800. The van der Waals surface area contributed by atoms with Crippen LogP contribution in [0, 0.1) is 0 Å². The topological polar surface area (TPSA) is 29.5 Å². The summed E-state index contributed by atoms with van der Waals surface area (Å²) in [6, 6.07) is 0. The van der Waals surface area contributed by atoms with Crippen molar-refractivity contribution < 1.29 is 9.63 Å². The van der Waals surface area contributed by atoms with Gasteiger partial charge in [-0.2, -0.15) is 5.06 Å². The van der Waals surface area contributed by atoms with E-state index < -0.39 is 0 Å². The second-order valence-electron chi connectivity index (χ2n) is 6.34. The Labute approximate surface area is 105 Å². The molecule has 0 aromatic rings. The van der Waals surface area contributed by atoms with Gasteiger partial charge in [-0.25, -0.2) is 0 Å². The second kappa shape index (κ2) is 5.07. The second-order valence-corrected chi connectivity index (χ2v) is 6.34. The smallest absolute Gasteiger partial charge is 0.163 e. The standard InChI is InChI=1S/C14H27NO2/c1-7-12(16)11(2)17-15-13(3,4)9-8-10-14(15,5)6/h11H,7-10H2,1-6H3. The fraction of sp³-hybridized carbons (Fsp3) is 0.929. The van der Waals surface area contributed by atoms with Crippen LogP contribution in [0.1, 0.15) is 67.2 Å². The lowest BCUT2D eigenvalue weighted by Gasteiger charge is -2.52. The van der Waals surface area contributed by atoms with Crippen LogP contribution >= 0.6 is 0 Å². The number of Topliss-reactive ketones (excluding diaryl/α,β-unsaturated/α-hetero) is 1. The number of rotatable bonds is 4. The molecule has 1 atom stereocenters. The van der Waals surface area contributed by atoms with Crippen LogP contribution in [0.25, 0.3) is 0 Å². The van der Waals surface area contributed by atoms with Gasteiger partial charge in [-0.1, -0.05) is 6.92 Å². The molecule has 0 bridgehead atoms. The van der Waals surface area contributed by atoms with Gasteiger partial charge in [0.1, 0.15) is 6.10 Å². The largest absolute Gasteiger partial charge is 0.297 e. The number of hydrogen-bond donors (Lipinski definition) is 0. The number of carbonyl (C=O) groups excluding carboxylic acids is 1. The first kappa shape index (κ1) is 14.7. The van der Waals surface area contributed by atoms with Gasteiger partial charge in [-0.15, -0.1) is 0 Å². The zero-order chi connectivity index (χ0) is 13.3. The molecule has 0 radical (unpaired) electrons. The van der Waals surface area contributed by atoms with Gasteiger partial charge in [-0.3, -0.25) is 9.63 Å². The fourth-order valence-electron chi connectivity index (χ4n) is 2.77. The molecule has 100 valence electrons. The Kier molecular flexibility index (Phi) is 4.37. The molecule has 1 fully saturated rings. The van der Waals surface area contributed by atoms with Crippen LogP contribution in [0.5, 0.6) is 0 Å². The first-order valence-electron chi connectivity index (χ1n) is 6.70. The Morgan fingerprint density at radius 2 is 1.71 bits per heavy atom. The van der Waals surface area contributed by atoms with Gasteiger partial charge < -0.3 is 0 Å². The minimum Gasteiger partial charge on any atom is -0.297 e. The summed E-state index contributed by atoms with van der Waals surface area (Å²) in [6.45, 7) is 12.5. The molecule has 0 N–H and O–H groups in total. The van der Waals surface area contributed by atoms with Gasteiger partial charge >= 0.3 is 0 Å². The highest BCUT2D eigenvalue weighted by Gasteiger charge is 2.43. The normalized spacial score (nSPS) is 25.5. The van der Waals surface area contributed by atoms with Crippen molar-refractivity contribution in [3.05, 3.63) is 0 Å². The molecule has 3 nitrogen and oxygen atoms in total. The Hall–Kier alpha value is -0.410. The molecule has 1 unspecified atom stereocenters. The van der Waals surface area contributed by atoms with Gasteiger partial charge in [0, 0.05) is 17.5 Å². The summed E-state index contributed by atoms with van der Waals surface area (Å²) >= 11 is 0. The summed E-state index contributed by atoms with van der Waals surface area (Å²) < 4.78 is 0. The number of nitrogens with zero attached hydrogens (tertiary/aromatic N) is 1. The maximum absolute atomic E-state index is 11.7. The maximum Gasteiger partial charge on any atom is 0.163 e. The average molecular weight is 241 g/mol. The molecular formula is C14H27NO2. The van der Waals surface area contributed by atoms with Crippen LogP contribution in [0.2, 0.25) is 0 Å². The zero-order valence-electron chi connectivity index (χ0n) is 12.2. The monoisotopic (exact) mass is 241 g/mol. The van der Waals surface area contributed by atoms with Crippen LogP contribution in [0.4, 0.5) is 0 Å². The lowest BCUT2D eigenvalue weighted by Crippen LogP contribution is -2.59. The van der Waals surface area contributed by atoms with Gasteiger partial charge in [0.2, 0.25) is 0 Å². The molecule has 0 aromatic heterocycles. The van der Waals surface area contributed by atoms with E-state index in [0.29, 0.717) is 6.42 Å². The highest BCUT2D eigenvalue weighted by Crippen LogP contribution is 2.38. The van der Waals surface area contributed by atoms with E-state index in [1.807, 2.05) is 13.8 Å². The molecule has 1 rings (SSSR count). The van der Waals surface area contributed by atoms with Crippen LogP contribution in [0.15, 0.2) is 0 Å². The Morgan fingerprint density at radius 3 is 2.12 bits per heavy atom. The number of hydroxylamine groups is 2. The SMILES string of the molecule is CCC(=O)C(C)ON1C(C)(C)CCCC1(C)C. The van der Waals surface area contributed by atoms with Crippen LogP contribution < -0.4 is 0 Å². The van der Waals surface area contributed by atoms with Crippen molar-refractivity contribution in [2.75, 3.05) is 0 Å². The van der Waals surface area contributed by atoms with Gasteiger partial charge in [0.25, 0.3) is 0 Å². The summed E-state index contributed by atoms with van der Waals surface area (Å²) in [7, 11) is 0. The molecule has 3 heteroatoms. The highest BCUT2D eigenvalue weighted by molar-refractivity contribution is 5.82. The highest BCUT2D eigenvalue weighted by atomic mass is 16.7. The predicted molar refractivity (Wildman–Crippen MR) is 69.7 cm³/mol. The average Bonchev–Trinajstić information content (AvgIpc) is 2.21. The van der Waals surface area contributed by atoms with E-state index in [1.54, 1.807) is 0 Å². The summed E-state index contributed by atoms with van der Waals surface area (Å²) in [5, 5.41) is 2.06. The molecule has 0 spiro atoms. The Morgan fingerprint density at radius 1 is 1.24 bits per heavy atom. The van der Waals surface area contributed by atoms with Gasteiger partial charge in [0.15, 0.2) is 5.78 Å². The molecule has 1 aliphatic rings. The minimum absolute atomic E-state index is 0.00400. The molecule has 0 amide bonds. The van der Waals surface area contributed by atoms with E-state index in [1.165, 1.54) is 6.42 Å². The first-order chi connectivity index (χ1) is 7.70. The third-order valence-corrected chi connectivity index (χ3v) is 3.74. The molecule has 0 aromatic carbocycles. The van der Waals surface area contributed by atoms with Crippen molar-refractivity contribution in [2.24, 2.45) is 0 Å². The van der Waals surface area contributed by atoms with Crippen molar-refractivity contribution in [1.29, 1.82) is 0 Å². The third kappa shape index (κ3) is 3.29. The molecule has 1 saturated heterocycles. The van der Waals surface area contributed by atoms with Gasteiger partial charge in [-0.05, 0) is 53.9 Å². The van der Waals surface area contributed by atoms with Crippen LogP contribution in [-0.4, -0.2) is 28.0 Å².